The van der Waals surface area contributed by atoms with Gasteiger partial charge in [-0.15, -0.1) is 4.52 Å². The summed E-state index contributed by atoms with van der Waals surface area (Å²) in [4.78, 5) is 35.1. The van der Waals surface area contributed by atoms with Crippen LogP contribution in [0.3, 0.4) is 0 Å². The number of anilines is 1. The van der Waals surface area contributed by atoms with Crippen molar-refractivity contribution in [2.75, 3.05) is 18.7 Å². The van der Waals surface area contributed by atoms with Crippen LogP contribution in [0.5, 0.6) is 0 Å². The van der Waals surface area contributed by atoms with Crippen molar-refractivity contribution >= 4 is 36.9 Å². The first kappa shape index (κ1) is 31.5. The molecule has 0 aliphatic heterocycles. The van der Waals surface area contributed by atoms with Crippen LogP contribution in [-0.4, -0.2) is 68.3 Å². The van der Waals surface area contributed by atoms with Gasteiger partial charge in [-0.1, -0.05) is 19.3 Å². The summed E-state index contributed by atoms with van der Waals surface area (Å²) in [6.07, 6.45) is 7.07. The second kappa shape index (κ2) is 15.0. The van der Waals surface area contributed by atoms with Gasteiger partial charge in [0.15, 0.2) is 18.1 Å². The first-order valence-electron chi connectivity index (χ1n) is 12.7. The third kappa shape index (κ3) is 10.2. The first-order chi connectivity index (χ1) is 17.9. The van der Waals surface area contributed by atoms with Crippen LogP contribution in [-0.2, 0) is 39.4 Å². The minimum Gasteiger partial charge on any atom is -0.462 e. The summed E-state index contributed by atoms with van der Waals surface area (Å²) in [6, 6.07) is 0. The lowest BCUT2D eigenvalue weighted by atomic mass is 9.83. The molecule has 1 saturated carbocycles. The average molecular weight is 556 g/mol. The summed E-state index contributed by atoms with van der Waals surface area (Å²) in [5, 5.41) is 0. The van der Waals surface area contributed by atoms with E-state index < -0.39 is 19.5 Å². The summed E-state index contributed by atoms with van der Waals surface area (Å²) in [7, 11) is -2.12. The number of esters is 2. The maximum absolute atomic E-state index is 11.7. The van der Waals surface area contributed by atoms with Crippen LogP contribution in [0.4, 0.5) is 5.82 Å². The largest absolute Gasteiger partial charge is 0.537 e. The molecule has 212 valence electrons. The monoisotopic (exact) mass is 555 g/mol. The van der Waals surface area contributed by atoms with Gasteiger partial charge in [0.05, 0.1) is 31.2 Å². The Morgan fingerprint density at radius 2 is 1.71 bits per heavy atom. The zero-order chi connectivity index (χ0) is 28.3. The number of rotatable bonds is 11. The highest BCUT2D eigenvalue weighted by atomic mass is 31.1. The Labute approximate surface area is 223 Å². The predicted octanol–water partition coefficient (Wildman–Crippen LogP) is 3.08. The molecule has 2 atom stereocenters. The number of carbonyl (C=O) groups is 2. The Morgan fingerprint density at radius 1 is 1.05 bits per heavy atom. The molecular weight excluding hydrogens is 515 g/mol. The molecule has 2 heterocycles. The van der Waals surface area contributed by atoms with E-state index in [-0.39, 0.29) is 37.2 Å². The molecule has 0 saturated heterocycles. The smallest absolute Gasteiger partial charge is 0.462 e. The maximum atomic E-state index is 11.7. The van der Waals surface area contributed by atoms with Crippen molar-refractivity contribution in [2.45, 2.75) is 97.1 Å². The summed E-state index contributed by atoms with van der Waals surface area (Å²) in [5.74, 6) is -0.474. The van der Waals surface area contributed by atoms with Crippen molar-refractivity contribution in [3.63, 3.8) is 0 Å². The molecule has 3 rings (SSSR count). The number of carbonyl (C=O) groups excluding carboxylic acids is 2. The Morgan fingerprint density at radius 3 is 2.34 bits per heavy atom. The molecule has 0 amide bonds. The number of imidazole rings is 1. The minimum absolute atomic E-state index is 0.0603. The molecule has 0 radical (unpaired) electrons. The van der Waals surface area contributed by atoms with Crippen molar-refractivity contribution < 1.29 is 32.9 Å². The Balaban J connectivity index is 0.000000328. The quantitative estimate of drug-likeness (QED) is 0.305. The standard InChI is InChI=1S/C14H21N5O5P.C10H19NO2/c1-9(2)24-11(20)5-23-25(21)8-22-10(3)4-19-7-18-12-13(15)16-6-17-14(12)19;1-8(2)13-9(12)10(11)6-4-3-5-7-10/h6-7,9-10H,4-5,8H2,1-3H3,(H2,15,16,17);8H,3-7,11H2,1-2H3/q+1;. The van der Waals surface area contributed by atoms with Gasteiger partial charge in [-0.3, -0.25) is 4.79 Å². The molecule has 38 heavy (non-hydrogen) atoms. The lowest BCUT2D eigenvalue weighted by Gasteiger charge is -2.31. The average Bonchev–Trinajstić information content (AvgIpc) is 3.25. The topological polar surface area (TPSA) is 184 Å². The van der Waals surface area contributed by atoms with Gasteiger partial charge in [0.1, 0.15) is 17.4 Å². The predicted molar refractivity (Wildman–Crippen MR) is 141 cm³/mol. The highest BCUT2D eigenvalue weighted by molar-refractivity contribution is 7.38. The van der Waals surface area contributed by atoms with Crippen LogP contribution in [0.15, 0.2) is 12.7 Å². The van der Waals surface area contributed by atoms with E-state index >= 15 is 0 Å². The Hall–Kier alpha value is -2.73. The molecule has 0 aromatic carbocycles. The van der Waals surface area contributed by atoms with E-state index in [9.17, 15) is 14.2 Å². The highest BCUT2D eigenvalue weighted by Crippen LogP contribution is 2.27. The summed E-state index contributed by atoms with van der Waals surface area (Å²) in [6.45, 7) is 9.03. The van der Waals surface area contributed by atoms with Crippen LogP contribution in [0.1, 0.15) is 66.7 Å². The van der Waals surface area contributed by atoms with Crippen molar-refractivity contribution in [3.8, 4) is 0 Å². The molecule has 2 aromatic heterocycles. The molecule has 0 bridgehead atoms. The van der Waals surface area contributed by atoms with Gasteiger partial charge in [-0.05, 0) is 52.0 Å². The summed E-state index contributed by atoms with van der Waals surface area (Å²) >= 11 is 0. The molecule has 2 unspecified atom stereocenters. The number of nitrogens with two attached hydrogens (primary N) is 2. The van der Waals surface area contributed by atoms with Crippen LogP contribution < -0.4 is 11.5 Å². The van der Waals surface area contributed by atoms with Gasteiger partial charge in [-0.25, -0.2) is 19.7 Å². The number of hydrogen-bond donors (Lipinski definition) is 2. The third-order valence-corrected chi connectivity index (χ3v) is 6.31. The van der Waals surface area contributed by atoms with Gasteiger partial charge < -0.3 is 30.2 Å². The second-order valence-corrected chi connectivity index (χ2v) is 10.9. The first-order valence-corrected chi connectivity index (χ1v) is 14.1. The van der Waals surface area contributed by atoms with Crippen LogP contribution in [0, 0.1) is 0 Å². The minimum atomic E-state index is -2.12. The van der Waals surface area contributed by atoms with E-state index in [0.717, 1.165) is 25.7 Å². The molecule has 1 aliphatic carbocycles. The Kier molecular flexibility index (Phi) is 12.4. The zero-order valence-corrected chi connectivity index (χ0v) is 23.7. The summed E-state index contributed by atoms with van der Waals surface area (Å²) < 4.78 is 33.9. The van der Waals surface area contributed by atoms with E-state index in [1.54, 1.807) is 24.7 Å². The lowest BCUT2D eigenvalue weighted by molar-refractivity contribution is -0.155. The van der Waals surface area contributed by atoms with Crippen molar-refractivity contribution in [3.05, 3.63) is 12.7 Å². The maximum Gasteiger partial charge on any atom is 0.537 e. The normalized spacial score (nSPS) is 16.1. The van der Waals surface area contributed by atoms with Gasteiger partial charge in [0, 0.05) is 0 Å². The van der Waals surface area contributed by atoms with Crippen molar-refractivity contribution in [2.24, 2.45) is 5.73 Å². The van der Waals surface area contributed by atoms with Gasteiger partial charge >= 0.3 is 20.0 Å². The zero-order valence-electron chi connectivity index (χ0n) is 22.8. The Bertz CT molecular complexity index is 1070. The van der Waals surface area contributed by atoms with Gasteiger partial charge in [0.25, 0.3) is 6.35 Å². The fourth-order valence-electron chi connectivity index (χ4n) is 3.73. The van der Waals surface area contributed by atoms with Crippen molar-refractivity contribution in [1.29, 1.82) is 0 Å². The number of nitrogen functional groups attached to an aromatic ring is 1. The fourth-order valence-corrected chi connectivity index (χ4v) is 4.43. The van der Waals surface area contributed by atoms with E-state index in [2.05, 4.69) is 15.0 Å². The van der Waals surface area contributed by atoms with E-state index in [0.29, 0.717) is 23.5 Å². The second-order valence-electron chi connectivity index (χ2n) is 9.75. The molecule has 1 aliphatic rings. The molecule has 0 spiro atoms. The van der Waals surface area contributed by atoms with E-state index in [1.807, 2.05) is 20.8 Å². The molecule has 4 N–H and O–H groups in total. The highest BCUT2D eigenvalue weighted by Gasteiger charge is 2.37. The SMILES string of the molecule is CC(C)OC(=O)C1(N)CCCCC1.CC(C)OC(=O)CO[P+](=O)COC(C)Cn1cnc2c(N)ncnc21. The summed E-state index contributed by atoms with van der Waals surface area (Å²) in [5.41, 5.74) is 12.1. The number of ether oxygens (including phenoxy) is 3. The number of hydrogen-bond acceptors (Lipinski definition) is 12. The molecular formula is C24H40N6O7P+. The van der Waals surface area contributed by atoms with Crippen LogP contribution in [0.2, 0.25) is 0 Å². The van der Waals surface area contributed by atoms with E-state index in [4.69, 9.17) is 30.2 Å². The number of fused-ring (bicyclic) bond motifs is 1. The molecule has 13 nitrogen and oxygen atoms in total. The molecule has 14 heteroatoms. The van der Waals surface area contributed by atoms with Crippen molar-refractivity contribution in [1.82, 2.24) is 19.5 Å². The van der Waals surface area contributed by atoms with Gasteiger partial charge in [-0.2, -0.15) is 0 Å². The van der Waals surface area contributed by atoms with Crippen LogP contribution >= 0.6 is 8.03 Å². The fraction of sp³-hybridized carbons (Fsp3) is 0.708. The van der Waals surface area contributed by atoms with Gasteiger partial charge in [0.2, 0.25) is 0 Å². The lowest BCUT2D eigenvalue weighted by Crippen LogP contribution is -2.50. The van der Waals surface area contributed by atoms with Crippen LogP contribution in [0.25, 0.3) is 11.2 Å². The molecule has 2 aromatic rings. The molecule has 1 fully saturated rings. The third-order valence-electron chi connectivity index (χ3n) is 5.54. The number of nitrogens with zero attached hydrogens (tertiary/aromatic N) is 4. The number of aromatic nitrogens is 4. The van der Waals surface area contributed by atoms with E-state index in [1.165, 1.54) is 12.7 Å².